The van der Waals surface area contributed by atoms with Crippen LogP contribution in [-0.2, 0) is 11.2 Å². The molecular formula is C15H26N2O. The standard InChI is InChI=1S/C15H26N2O/c1-17(2)15-9-7-14(8-10-15)6-4-5-11-16-12-13-18-3/h7-10,16H,4-6,11-13H2,1-3H3. The largest absolute Gasteiger partial charge is 0.383 e. The van der Waals surface area contributed by atoms with Crippen LogP contribution in [-0.4, -0.2) is 40.9 Å². The smallest absolute Gasteiger partial charge is 0.0587 e. The molecule has 0 aliphatic heterocycles. The van der Waals surface area contributed by atoms with E-state index in [2.05, 4.69) is 48.6 Å². The molecule has 0 aliphatic rings. The highest BCUT2D eigenvalue weighted by molar-refractivity contribution is 5.45. The Balaban J connectivity index is 2.12. The van der Waals surface area contributed by atoms with E-state index in [4.69, 9.17) is 4.74 Å². The van der Waals surface area contributed by atoms with E-state index in [0.717, 1.165) is 19.7 Å². The Morgan fingerprint density at radius 1 is 1.06 bits per heavy atom. The van der Waals surface area contributed by atoms with Crippen LogP contribution in [0.5, 0.6) is 0 Å². The summed E-state index contributed by atoms with van der Waals surface area (Å²) in [6.45, 7) is 2.83. The molecule has 0 amide bonds. The average molecular weight is 250 g/mol. The molecule has 1 N–H and O–H groups in total. The number of unbranched alkanes of at least 4 members (excludes halogenated alkanes) is 1. The SMILES string of the molecule is COCCNCCCCc1ccc(N(C)C)cc1. The fraction of sp³-hybridized carbons (Fsp3) is 0.600. The highest BCUT2D eigenvalue weighted by Crippen LogP contribution is 2.13. The van der Waals surface area contributed by atoms with Crippen LogP contribution in [0.2, 0.25) is 0 Å². The summed E-state index contributed by atoms with van der Waals surface area (Å²) in [4.78, 5) is 2.13. The lowest BCUT2D eigenvalue weighted by atomic mass is 10.1. The lowest BCUT2D eigenvalue weighted by molar-refractivity contribution is 0.199. The highest BCUT2D eigenvalue weighted by atomic mass is 16.5. The van der Waals surface area contributed by atoms with Gasteiger partial charge in [0.1, 0.15) is 0 Å². The Hall–Kier alpha value is -1.06. The lowest BCUT2D eigenvalue weighted by Gasteiger charge is -2.12. The van der Waals surface area contributed by atoms with Crippen LogP contribution in [0.3, 0.4) is 0 Å². The summed E-state index contributed by atoms with van der Waals surface area (Å²) in [5, 5.41) is 3.36. The van der Waals surface area contributed by atoms with E-state index in [1.54, 1.807) is 7.11 Å². The molecule has 0 unspecified atom stereocenters. The van der Waals surface area contributed by atoms with Crippen molar-refractivity contribution in [3.05, 3.63) is 29.8 Å². The molecule has 0 aliphatic carbocycles. The fourth-order valence-electron chi connectivity index (χ4n) is 1.84. The molecule has 102 valence electrons. The molecule has 0 aromatic heterocycles. The second-order valence-corrected chi connectivity index (χ2v) is 4.76. The van der Waals surface area contributed by atoms with Crippen molar-refractivity contribution in [3.63, 3.8) is 0 Å². The zero-order valence-corrected chi connectivity index (χ0v) is 11.9. The van der Waals surface area contributed by atoms with Crippen molar-refractivity contribution >= 4 is 5.69 Å². The Morgan fingerprint density at radius 3 is 2.39 bits per heavy atom. The minimum Gasteiger partial charge on any atom is -0.383 e. The Morgan fingerprint density at radius 2 is 1.78 bits per heavy atom. The summed E-state index contributed by atoms with van der Waals surface area (Å²) in [5.74, 6) is 0. The molecular weight excluding hydrogens is 224 g/mol. The van der Waals surface area contributed by atoms with Crippen molar-refractivity contribution in [2.24, 2.45) is 0 Å². The summed E-state index contributed by atoms with van der Waals surface area (Å²) >= 11 is 0. The van der Waals surface area contributed by atoms with Gasteiger partial charge in [-0.15, -0.1) is 0 Å². The summed E-state index contributed by atoms with van der Waals surface area (Å²) in [6, 6.07) is 8.83. The first kappa shape index (κ1) is 15.0. The van der Waals surface area contributed by atoms with Crippen molar-refractivity contribution in [3.8, 4) is 0 Å². The first-order valence-electron chi connectivity index (χ1n) is 6.70. The number of benzene rings is 1. The number of ether oxygens (including phenoxy) is 1. The van der Waals surface area contributed by atoms with Crippen molar-refractivity contribution in [1.82, 2.24) is 5.32 Å². The van der Waals surface area contributed by atoms with Crippen LogP contribution in [0.25, 0.3) is 0 Å². The molecule has 18 heavy (non-hydrogen) atoms. The molecule has 0 saturated heterocycles. The van der Waals surface area contributed by atoms with Gasteiger partial charge in [-0.2, -0.15) is 0 Å². The monoisotopic (exact) mass is 250 g/mol. The minimum absolute atomic E-state index is 0.798. The maximum Gasteiger partial charge on any atom is 0.0587 e. The van der Waals surface area contributed by atoms with Gasteiger partial charge in [0.15, 0.2) is 0 Å². The van der Waals surface area contributed by atoms with E-state index in [-0.39, 0.29) is 0 Å². The van der Waals surface area contributed by atoms with Crippen molar-refractivity contribution < 1.29 is 4.74 Å². The third-order valence-electron chi connectivity index (χ3n) is 3.00. The third-order valence-corrected chi connectivity index (χ3v) is 3.00. The molecule has 0 fully saturated rings. The highest BCUT2D eigenvalue weighted by Gasteiger charge is 1.96. The van der Waals surface area contributed by atoms with Crippen LogP contribution in [0.1, 0.15) is 18.4 Å². The Kier molecular flexibility index (Phi) is 7.46. The van der Waals surface area contributed by atoms with Crippen molar-refractivity contribution in [1.29, 1.82) is 0 Å². The number of nitrogens with zero attached hydrogens (tertiary/aromatic N) is 1. The summed E-state index contributed by atoms with van der Waals surface area (Å²) < 4.78 is 4.98. The Labute approximate surface area is 111 Å². The normalized spacial score (nSPS) is 10.6. The molecule has 0 saturated carbocycles. The van der Waals surface area contributed by atoms with Gasteiger partial charge in [0, 0.05) is 33.4 Å². The van der Waals surface area contributed by atoms with Gasteiger partial charge in [-0.3, -0.25) is 0 Å². The van der Waals surface area contributed by atoms with Crippen molar-refractivity contribution in [2.45, 2.75) is 19.3 Å². The zero-order chi connectivity index (χ0) is 13.2. The van der Waals surface area contributed by atoms with Gasteiger partial charge in [0.2, 0.25) is 0 Å². The van der Waals surface area contributed by atoms with Gasteiger partial charge in [-0.25, -0.2) is 0 Å². The predicted molar refractivity (Wildman–Crippen MR) is 78.5 cm³/mol. The van der Waals surface area contributed by atoms with Crippen LogP contribution < -0.4 is 10.2 Å². The van der Waals surface area contributed by atoms with Crippen LogP contribution >= 0.6 is 0 Å². The molecule has 0 spiro atoms. The van der Waals surface area contributed by atoms with E-state index in [0.29, 0.717) is 0 Å². The number of hydrogen-bond donors (Lipinski definition) is 1. The van der Waals surface area contributed by atoms with E-state index >= 15 is 0 Å². The maximum absolute atomic E-state index is 4.98. The van der Waals surface area contributed by atoms with Gasteiger partial charge in [0.05, 0.1) is 6.61 Å². The number of nitrogens with one attached hydrogen (secondary N) is 1. The van der Waals surface area contributed by atoms with E-state index in [9.17, 15) is 0 Å². The van der Waals surface area contributed by atoms with E-state index < -0.39 is 0 Å². The second kappa shape index (κ2) is 8.95. The molecule has 0 bridgehead atoms. The Bertz CT molecular complexity index is 309. The van der Waals surface area contributed by atoms with Crippen LogP contribution in [0.15, 0.2) is 24.3 Å². The summed E-state index contributed by atoms with van der Waals surface area (Å²) in [7, 11) is 5.88. The van der Waals surface area contributed by atoms with Gasteiger partial charge in [-0.05, 0) is 43.5 Å². The van der Waals surface area contributed by atoms with Gasteiger partial charge >= 0.3 is 0 Å². The van der Waals surface area contributed by atoms with Gasteiger partial charge in [0.25, 0.3) is 0 Å². The maximum atomic E-state index is 4.98. The molecule has 0 radical (unpaired) electrons. The van der Waals surface area contributed by atoms with Crippen molar-refractivity contribution in [2.75, 3.05) is 45.8 Å². The molecule has 0 heterocycles. The molecule has 1 aromatic rings. The molecule has 1 rings (SSSR count). The average Bonchev–Trinajstić information content (AvgIpc) is 2.38. The predicted octanol–water partition coefficient (Wildman–Crippen LogP) is 2.31. The topological polar surface area (TPSA) is 24.5 Å². The first-order chi connectivity index (χ1) is 8.74. The van der Waals surface area contributed by atoms with E-state index in [1.165, 1.54) is 30.5 Å². The molecule has 3 nitrogen and oxygen atoms in total. The number of anilines is 1. The molecule has 3 heteroatoms. The quantitative estimate of drug-likeness (QED) is 0.681. The first-order valence-corrected chi connectivity index (χ1v) is 6.70. The lowest BCUT2D eigenvalue weighted by Crippen LogP contribution is -2.20. The number of aryl methyl sites for hydroxylation is 1. The summed E-state index contributed by atoms with van der Waals surface area (Å²) in [5.41, 5.74) is 2.69. The molecule has 1 aromatic carbocycles. The summed E-state index contributed by atoms with van der Waals surface area (Å²) in [6.07, 6.45) is 3.63. The number of rotatable bonds is 9. The van der Waals surface area contributed by atoms with Crippen LogP contribution in [0.4, 0.5) is 5.69 Å². The second-order valence-electron chi connectivity index (χ2n) is 4.76. The fourth-order valence-corrected chi connectivity index (χ4v) is 1.84. The zero-order valence-electron chi connectivity index (χ0n) is 11.9. The third kappa shape index (κ3) is 6.03. The van der Waals surface area contributed by atoms with E-state index in [1.807, 2.05) is 0 Å². The molecule has 0 atom stereocenters. The number of hydrogen-bond acceptors (Lipinski definition) is 3. The number of methoxy groups -OCH3 is 1. The van der Waals surface area contributed by atoms with Gasteiger partial charge in [-0.1, -0.05) is 12.1 Å². The minimum atomic E-state index is 0.798. The van der Waals surface area contributed by atoms with Crippen LogP contribution in [0, 0.1) is 0 Å². The van der Waals surface area contributed by atoms with Gasteiger partial charge < -0.3 is 15.0 Å².